The normalized spacial score (nSPS) is 13.5. The second-order valence-electron chi connectivity index (χ2n) is 13.5. The lowest BCUT2D eigenvalue weighted by Gasteiger charge is -2.30. The molecule has 2 rings (SSSR count). The molecule has 0 heterocycles. The molecule has 5 heteroatoms. The molecule has 1 N–H and O–H groups in total. The molecule has 0 aliphatic heterocycles. The highest BCUT2D eigenvalue weighted by molar-refractivity contribution is 8.00. The minimum absolute atomic E-state index is 0.0494. The van der Waals surface area contributed by atoms with E-state index in [0.29, 0.717) is 12.2 Å². The second-order valence-corrected chi connectivity index (χ2v) is 16.5. The lowest BCUT2D eigenvalue weighted by Crippen LogP contribution is -2.19. The summed E-state index contributed by atoms with van der Waals surface area (Å²) in [5, 5.41) is 11.4. The molecule has 2 aromatic carbocycles. The SMILES string of the molecule is CC(C)(C)c1cc(Cc2cc(C(C)(C)C)cc(C(C)(C)C)c2OP(Cl)Cl)c(O)c(C(C)(C)C)c1. The average molecular weight is 526 g/mol. The van der Waals surface area contributed by atoms with E-state index in [-0.39, 0.29) is 21.7 Å². The van der Waals surface area contributed by atoms with E-state index in [1.807, 2.05) is 0 Å². The zero-order chi connectivity index (χ0) is 26.4. The maximum Gasteiger partial charge on any atom is 0.284 e. The van der Waals surface area contributed by atoms with Crippen LogP contribution in [0.1, 0.15) is 116 Å². The molecule has 0 aliphatic carbocycles. The molecule has 2 nitrogen and oxygen atoms in total. The van der Waals surface area contributed by atoms with Crippen LogP contribution in [0.2, 0.25) is 0 Å². The second kappa shape index (κ2) is 9.84. The number of rotatable bonds is 4. The van der Waals surface area contributed by atoms with Crippen LogP contribution in [-0.2, 0) is 28.1 Å². The summed E-state index contributed by atoms with van der Waals surface area (Å²) in [5.41, 5.74) is 5.87. The lowest BCUT2D eigenvalue weighted by molar-refractivity contribution is 0.439. The number of phenolic OH excluding ortho intramolecular Hbond substituents is 1. The lowest BCUT2D eigenvalue weighted by atomic mass is 9.76. The van der Waals surface area contributed by atoms with Gasteiger partial charge in [0.2, 0.25) is 0 Å². The van der Waals surface area contributed by atoms with Crippen LogP contribution in [0.3, 0.4) is 0 Å². The molecule has 0 bridgehead atoms. The largest absolute Gasteiger partial charge is 0.507 e. The van der Waals surface area contributed by atoms with Crippen LogP contribution < -0.4 is 4.52 Å². The van der Waals surface area contributed by atoms with Crippen molar-refractivity contribution in [1.82, 2.24) is 0 Å². The summed E-state index contributed by atoms with van der Waals surface area (Å²) < 4.78 is 6.09. The van der Waals surface area contributed by atoms with Gasteiger partial charge in [-0.15, -0.1) is 0 Å². The van der Waals surface area contributed by atoms with E-state index in [1.54, 1.807) is 0 Å². The van der Waals surface area contributed by atoms with Crippen LogP contribution >= 0.6 is 29.3 Å². The van der Waals surface area contributed by atoms with Gasteiger partial charge in [-0.3, -0.25) is 0 Å². The van der Waals surface area contributed by atoms with Crippen molar-refractivity contribution in [3.05, 3.63) is 57.6 Å². The minimum Gasteiger partial charge on any atom is -0.507 e. The molecule has 0 saturated heterocycles. The zero-order valence-corrected chi connectivity index (χ0v) is 25.5. The maximum absolute atomic E-state index is 11.4. The molecular weight excluding hydrogens is 482 g/mol. The molecular formula is C29H43Cl2O2P. The molecule has 190 valence electrons. The van der Waals surface area contributed by atoms with Gasteiger partial charge in [-0.05, 0) is 72.0 Å². The Hall–Kier alpha value is -0.950. The number of halogens is 2. The topological polar surface area (TPSA) is 29.5 Å². The fourth-order valence-corrected chi connectivity index (χ4v) is 4.79. The van der Waals surface area contributed by atoms with Crippen LogP contribution in [-0.4, -0.2) is 5.11 Å². The van der Waals surface area contributed by atoms with Gasteiger partial charge in [-0.2, -0.15) is 0 Å². The number of phenols is 1. The molecule has 34 heavy (non-hydrogen) atoms. The number of hydrogen-bond acceptors (Lipinski definition) is 2. The highest BCUT2D eigenvalue weighted by atomic mass is 35.9. The van der Waals surface area contributed by atoms with Crippen molar-refractivity contribution in [2.24, 2.45) is 0 Å². The van der Waals surface area contributed by atoms with Crippen molar-refractivity contribution >= 4 is 29.3 Å². The summed E-state index contributed by atoms with van der Waals surface area (Å²) in [5.74, 6) is 1.08. The predicted molar refractivity (Wildman–Crippen MR) is 151 cm³/mol. The Morgan fingerprint density at radius 3 is 1.44 bits per heavy atom. The van der Waals surface area contributed by atoms with Gasteiger partial charge in [-0.1, -0.05) is 107 Å². The van der Waals surface area contributed by atoms with E-state index < -0.39 is 6.85 Å². The van der Waals surface area contributed by atoms with Crippen molar-refractivity contribution in [3.8, 4) is 11.5 Å². The third-order valence-electron chi connectivity index (χ3n) is 6.24. The van der Waals surface area contributed by atoms with Crippen LogP contribution in [0.15, 0.2) is 24.3 Å². The first-order valence-corrected chi connectivity index (χ1v) is 15.0. The standard InChI is InChI=1S/C29H43Cl2O2P/c1-26(2,3)20-14-18(24(32)22(16-20)28(7,8)9)13-19-15-21(27(4,5)6)17-23(29(10,11)12)25(19)33-34(30)31/h14-17,32H,13H2,1-12H3. The summed E-state index contributed by atoms with van der Waals surface area (Å²) in [6.45, 7) is 24.5. The molecule has 0 amide bonds. The van der Waals surface area contributed by atoms with Gasteiger partial charge in [0.05, 0.1) is 0 Å². The quantitative estimate of drug-likeness (QED) is 0.403. The van der Waals surface area contributed by atoms with Gasteiger partial charge in [0.15, 0.2) is 0 Å². The van der Waals surface area contributed by atoms with Gasteiger partial charge >= 0.3 is 0 Å². The number of hydrogen-bond donors (Lipinski definition) is 1. The molecule has 0 fully saturated rings. The monoisotopic (exact) mass is 524 g/mol. The molecule has 0 radical (unpaired) electrons. The van der Waals surface area contributed by atoms with E-state index in [0.717, 1.165) is 28.0 Å². The minimum atomic E-state index is -1.64. The van der Waals surface area contributed by atoms with Crippen LogP contribution in [0, 0.1) is 0 Å². The fourth-order valence-electron chi connectivity index (χ4n) is 4.03. The van der Waals surface area contributed by atoms with Gasteiger partial charge in [-0.25, -0.2) is 0 Å². The van der Waals surface area contributed by atoms with Crippen LogP contribution in [0.4, 0.5) is 0 Å². The van der Waals surface area contributed by atoms with Gasteiger partial charge < -0.3 is 9.63 Å². The summed E-state index contributed by atoms with van der Waals surface area (Å²) in [4.78, 5) is 0. The Kier molecular flexibility index (Phi) is 8.47. The summed E-state index contributed by atoms with van der Waals surface area (Å²) in [6, 6.07) is 8.70. The molecule has 0 aromatic heterocycles. The molecule has 0 saturated carbocycles. The first-order valence-electron chi connectivity index (χ1n) is 12.0. The summed E-state index contributed by atoms with van der Waals surface area (Å²) >= 11 is 12.4. The molecule has 0 unspecified atom stereocenters. The fraction of sp³-hybridized carbons (Fsp3) is 0.586. The summed E-state index contributed by atoms with van der Waals surface area (Å²) in [6.07, 6.45) is 0.526. The van der Waals surface area contributed by atoms with Crippen molar-refractivity contribution in [2.45, 2.75) is 111 Å². The Morgan fingerprint density at radius 1 is 0.647 bits per heavy atom. The van der Waals surface area contributed by atoms with E-state index >= 15 is 0 Å². The van der Waals surface area contributed by atoms with Gasteiger partial charge in [0, 0.05) is 12.0 Å². The van der Waals surface area contributed by atoms with E-state index in [4.69, 9.17) is 27.0 Å². The van der Waals surface area contributed by atoms with Gasteiger partial charge in [0.25, 0.3) is 6.85 Å². The summed E-state index contributed by atoms with van der Waals surface area (Å²) in [7, 11) is 0. The first-order chi connectivity index (χ1) is 15.1. The molecule has 2 aromatic rings. The van der Waals surface area contributed by atoms with E-state index in [9.17, 15) is 5.11 Å². The average Bonchev–Trinajstić information content (AvgIpc) is 2.60. The van der Waals surface area contributed by atoms with E-state index in [2.05, 4.69) is 107 Å². The third kappa shape index (κ3) is 7.05. The number of benzene rings is 2. The van der Waals surface area contributed by atoms with Crippen molar-refractivity contribution < 1.29 is 9.63 Å². The first kappa shape index (κ1) is 29.3. The Labute approximate surface area is 218 Å². The smallest absolute Gasteiger partial charge is 0.284 e. The molecule has 0 aliphatic rings. The highest BCUT2D eigenvalue weighted by Gasteiger charge is 2.29. The highest BCUT2D eigenvalue weighted by Crippen LogP contribution is 2.52. The Bertz CT molecular complexity index is 1030. The van der Waals surface area contributed by atoms with Crippen molar-refractivity contribution in [1.29, 1.82) is 0 Å². The zero-order valence-electron chi connectivity index (χ0n) is 23.1. The van der Waals surface area contributed by atoms with Crippen molar-refractivity contribution in [2.75, 3.05) is 0 Å². The molecule has 0 spiro atoms. The molecule has 0 atom stereocenters. The Balaban J connectivity index is 2.89. The van der Waals surface area contributed by atoms with Crippen LogP contribution in [0.5, 0.6) is 11.5 Å². The van der Waals surface area contributed by atoms with Crippen LogP contribution in [0.25, 0.3) is 0 Å². The maximum atomic E-state index is 11.4. The predicted octanol–water partition coefficient (Wildman–Crippen LogP) is 10.3. The van der Waals surface area contributed by atoms with Crippen molar-refractivity contribution in [3.63, 3.8) is 0 Å². The Morgan fingerprint density at radius 2 is 1.06 bits per heavy atom. The van der Waals surface area contributed by atoms with E-state index in [1.165, 1.54) is 11.1 Å². The van der Waals surface area contributed by atoms with Gasteiger partial charge in [0.1, 0.15) is 11.5 Å². The number of aromatic hydroxyl groups is 1. The third-order valence-corrected chi connectivity index (χ3v) is 6.98.